The van der Waals surface area contributed by atoms with Crippen LogP contribution in [0.15, 0.2) is 58.3 Å². The molecule has 0 spiro atoms. The van der Waals surface area contributed by atoms with Gasteiger partial charge in [0.25, 0.3) is 5.91 Å². The van der Waals surface area contributed by atoms with Crippen molar-refractivity contribution in [1.29, 1.82) is 0 Å². The van der Waals surface area contributed by atoms with Crippen LogP contribution in [0.3, 0.4) is 0 Å². The Morgan fingerprint density at radius 1 is 1.20 bits per heavy atom. The van der Waals surface area contributed by atoms with Crippen LogP contribution < -0.4 is 10.2 Å². The van der Waals surface area contributed by atoms with Crippen LogP contribution in [0.4, 0.5) is 10.1 Å². The fourth-order valence-electron chi connectivity index (χ4n) is 3.48. The molecule has 0 unspecified atom stereocenters. The molecule has 1 N–H and O–H groups in total. The lowest BCUT2D eigenvalue weighted by atomic mass is 10.1. The lowest BCUT2D eigenvalue weighted by molar-refractivity contribution is -0.128. The van der Waals surface area contributed by atoms with E-state index in [1.54, 1.807) is 37.3 Å². The Bertz CT molecular complexity index is 1320. The highest BCUT2D eigenvalue weighted by molar-refractivity contribution is 7.10. The second kappa shape index (κ2) is 9.79. The molecule has 0 bridgehead atoms. The molecule has 0 saturated heterocycles. The minimum absolute atomic E-state index is 0.225. The fourth-order valence-corrected chi connectivity index (χ4v) is 4.30. The smallest absolute Gasteiger partial charge is 0.251 e. The summed E-state index contributed by atoms with van der Waals surface area (Å²) in [4.78, 5) is 30.1. The molecule has 0 saturated carbocycles. The fraction of sp³-hybridized carbons (Fsp3) is 0.292. The summed E-state index contributed by atoms with van der Waals surface area (Å²) in [6, 6.07) is 11.6. The van der Waals surface area contributed by atoms with E-state index < -0.39 is 29.2 Å². The Labute approximate surface area is 205 Å². The summed E-state index contributed by atoms with van der Waals surface area (Å²) in [6.07, 6.45) is 0. The summed E-state index contributed by atoms with van der Waals surface area (Å²) in [5, 5.41) is 16.9. The average Bonchev–Trinajstić information content (AvgIpc) is 3.52. The van der Waals surface area contributed by atoms with E-state index in [1.165, 1.54) is 34.4 Å². The third-order valence-corrected chi connectivity index (χ3v) is 5.79. The highest BCUT2D eigenvalue weighted by Crippen LogP contribution is 2.32. The highest BCUT2D eigenvalue weighted by Gasteiger charge is 2.35. The summed E-state index contributed by atoms with van der Waals surface area (Å²) in [6.45, 7) is 7.02. The van der Waals surface area contributed by atoms with Crippen molar-refractivity contribution < 1.29 is 18.4 Å². The summed E-state index contributed by atoms with van der Waals surface area (Å²) >= 11 is 1.33. The number of aromatic nitrogens is 4. The molecule has 182 valence electrons. The number of carbonyl (C=O) groups excluding carboxylic acids is 2. The zero-order chi connectivity index (χ0) is 25.2. The number of amides is 2. The number of benzene rings is 1. The lowest BCUT2D eigenvalue weighted by Crippen LogP contribution is -2.50. The predicted molar refractivity (Wildman–Crippen MR) is 129 cm³/mol. The quantitative estimate of drug-likeness (QED) is 0.412. The van der Waals surface area contributed by atoms with E-state index in [2.05, 4.69) is 20.7 Å². The number of rotatable bonds is 7. The molecule has 11 heteroatoms. The van der Waals surface area contributed by atoms with Gasteiger partial charge in [0.2, 0.25) is 11.7 Å². The highest BCUT2D eigenvalue weighted by atomic mass is 32.1. The molecule has 4 aromatic rings. The van der Waals surface area contributed by atoms with E-state index in [0.717, 1.165) is 4.80 Å². The van der Waals surface area contributed by atoms with E-state index >= 15 is 0 Å². The van der Waals surface area contributed by atoms with Crippen molar-refractivity contribution in [3.05, 3.63) is 70.4 Å². The number of tetrazole rings is 1. The largest absolute Gasteiger partial charge is 0.458 e. The average molecular weight is 497 g/mol. The molecule has 4 rings (SSSR count). The normalized spacial score (nSPS) is 12.4. The van der Waals surface area contributed by atoms with E-state index in [1.807, 2.05) is 26.2 Å². The van der Waals surface area contributed by atoms with Gasteiger partial charge in [0.05, 0.1) is 0 Å². The molecule has 0 aliphatic rings. The van der Waals surface area contributed by atoms with Gasteiger partial charge in [-0.3, -0.25) is 14.5 Å². The van der Waals surface area contributed by atoms with E-state index in [0.29, 0.717) is 16.4 Å². The van der Waals surface area contributed by atoms with Gasteiger partial charge in [0.15, 0.2) is 5.76 Å². The second-order valence-corrected chi connectivity index (χ2v) is 9.93. The number of anilines is 1. The van der Waals surface area contributed by atoms with E-state index in [9.17, 15) is 14.0 Å². The first-order chi connectivity index (χ1) is 16.6. The first kappa shape index (κ1) is 24.3. The maximum absolute atomic E-state index is 14.2. The summed E-state index contributed by atoms with van der Waals surface area (Å²) in [7, 11) is 0. The molecule has 0 aliphatic heterocycles. The molecule has 1 aromatic carbocycles. The molecule has 0 fully saturated rings. The van der Waals surface area contributed by atoms with Gasteiger partial charge in [-0.05, 0) is 74.7 Å². The zero-order valence-corrected chi connectivity index (χ0v) is 20.5. The number of aryl methyl sites for hydroxylation is 1. The summed E-state index contributed by atoms with van der Waals surface area (Å²) in [5.74, 6) is -0.106. The number of nitrogens with zero attached hydrogens (tertiary/aromatic N) is 5. The maximum atomic E-state index is 14.2. The van der Waals surface area contributed by atoms with Gasteiger partial charge in [-0.25, -0.2) is 4.39 Å². The number of hydrogen-bond acceptors (Lipinski definition) is 7. The second-order valence-electron chi connectivity index (χ2n) is 8.95. The number of hydrogen-bond donors (Lipinski definition) is 1. The third kappa shape index (κ3) is 5.80. The number of halogens is 1. The van der Waals surface area contributed by atoms with Gasteiger partial charge < -0.3 is 9.73 Å². The molecular weight excluding hydrogens is 471 g/mol. The standard InChI is InChI=1S/C24H25FN6O3S/c1-15-10-11-18(34-15)22-27-29-30(28-22)14-20(32)31(17-8-5-7-16(25)13-17)21(19-9-6-12-35-19)23(33)26-24(2,3)4/h5-13,21H,14H2,1-4H3,(H,26,33)/t21-/m0/s1. The summed E-state index contributed by atoms with van der Waals surface area (Å²) in [5.41, 5.74) is -0.313. The minimum Gasteiger partial charge on any atom is -0.458 e. The van der Waals surface area contributed by atoms with Crippen LogP contribution in [0.5, 0.6) is 0 Å². The van der Waals surface area contributed by atoms with E-state index in [4.69, 9.17) is 4.42 Å². The van der Waals surface area contributed by atoms with Crippen molar-refractivity contribution in [3.63, 3.8) is 0 Å². The Kier molecular flexibility index (Phi) is 6.79. The Morgan fingerprint density at radius 2 is 2.00 bits per heavy atom. The van der Waals surface area contributed by atoms with Crippen molar-refractivity contribution in [2.75, 3.05) is 4.90 Å². The summed E-state index contributed by atoms with van der Waals surface area (Å²) < 4.78 is 19.7. The molecule has 2 amide bonds. The first-order valence-electron chi connectivity index (χ1n) is 10.9. The van der Waals surface area contributed by atoms with Gasteiger partial charge in [-0.2, -0.15) is 4.80 Å². The van der Waals surface area contributed by atoms with Crippen LogP contribution in [-0.4, -0.2) is 37.6 Å². The molecule has 0 aliphatic carbocycles. The molecule has 0 radical (unpaired) electrons. The predicted octanol–water partition coefficient (Wildman–Crippen LogP) is 4.13. The molecule has 9 nitrogen and oxygen atoms in total. The van der Waals surface area contributed by atoms with Crippen molar-refractivity contribution in [1.82, 2.24) is 25.5 Å². The lowest BCUT2D eigenvalue weighted by Gasteiger charge is -2.33. The van der Waals surface area contributed by atoms with Crippen LogP contribution >= 0.6 is 11.3 Å². The third-order valence-electron chi connectivity index (χ3n) is 4.86. The van der Waals surface area contributed by atoms with Gasteiger partial charge >= 0.3 is 0 Å². The number of nitrogens with one attached hydrogen (secondary N) is 1. The van der Waals surface area contributed by atoms with Crippen LogP contribution in [0.1, 0.15) is 37.5 Å². The van der Waals surface area contributed by atoms with Crippen LogP contribution in [-0.2, 0) is 16.1 Å². The van der Waals surface area contributed by atoms with Crippen molar-refractivity contribution in [2.45, 2.75) is 45.8 Å². The monoisotopic (exact) mass is 496 g/mol. The van der Waals surface area contributed by atoms with Gasteiger partial charge in [0.1, 0.15) is 24.2 Å². The van der Waals surface area contributed by atoms with Crippen molar-refractivity contribution in [2.24, 2.45) is 0 Å². The van der Waals surface area contributed by atoms with E-state index in [-0.39, 0.29) is 18.1 Å². The van der Waals surface area contributed by atoms with Crippen LogP contribution in [0, 0.1) is 12.7 Å². The Hall–Kier alpha value is -3.86. The molecule has 3 aromatic heterocycles. The van der Waals surface area contributed by atoms with Gasteiger partial charge in [-0.1, -0.05) is 12.1 Å². The van der Waals surface area contributed by atoms with Crippen molar-refractivity contribution in [3.8, 4) is 11.6 Å². The Morgan fingerprint density at radius 3 is 2.63 bits per heavy atom. The Balaban J connectivity index is 1.71. The number of carbonyl (C=O) groups is 2. The molecule has 1 atom stereocenters. The van der Waals surface area contributed by atoms with Crippen molar-refractivity contribution >= 4 is 28.8 Å². The molecule has 35 heavy (non-hydrogen) atoms. The maximum Gasteiger partial charge on any atom is 0.251 e. The number of thiophene rings is 1. The minimum atomic E-state index is -1.03. The van der Waals surface area contributed by atoms with Crippen LogP contribution in [0.25, 0.3) is 11.6 Å². The molecule has 3 heterocycles. The number of furan rings is 1. The topological polar surface area (TPSA) is 106 Å². The van der Waals surface area contributed by atoms with Crippen LogP contribution in [0.2, 0.25) is 0 Å². The first-order valence-corrected chi connectivity index (χ1v) is 11.8. The molecular formula is C24H25FN6O3S. The van der Waals surface area contributed by atoms with Gasteiger partial charge in [-0.15, -0.1) is 21.5 Å². The SMILES string of the molecule is Cc1ccc(-c2nnn(CC(=O)N(c3cccc(F)c3)[C@H](C(=O)NC(C)(C)C)c3cccs3)n2)o1. The van der Waals surface area contributed by atoms with Gasteiger partial charge in [0, 0.05) is 16.1 Å². The zero-order valence-electron chi connectivity index (χ0n) is 19.7.